The molecule has 2 aromatic rings. The van der Waals surface area contributed by atoms with E-state index in [0.717, 1.165) is 5.56 Å². The number of hydrogen-bond donors (Lipinski definition) is 3. The van der Waals surface area contributed by atoms with Crippen LogP contribution in [-0.4, -0.2) is 18.4 Å². The molecule has 0 bridgehead atoms. The van der Waals surface area contributed by atoms with Gasteiger partial charge in [0.15, 0.2) is 11.5 Å². The Morgan fingerprint density at radius 1 is 1.23 bits per heavy atom. The van der Waals surface area contributed by atoms with Crippen molar-refractivity contribution in [2.24, 2.45) is 5.84 Å². The molecule has 0 saturated heterocycles. The van der Waals surface area contributed by atoms with Gasteiger partial charge < -0.3 is 15.4 Å². The van der Waals surface area contributed by atoms with Crippen LogP contribution >= 0.6 is 11.6 Å². The number of fused-ring (bicyclic) bond motifs is 1. The number of hydrazine groups is 1. The third-order valence-electron chi connectivity index (χ3n) is 3.84. The molecule has 7 nitrogen and oxygen atoms in total. The van der Waals surface area contributed by atoms with Gasteiger partial charge in [-0.15, -0.1) is 0 Å². The first-order valence-electron chi connectivity index (χ1n) is 7.84. The Morgan fingerprint density at radius 3 is 2.65 bits per heavy atom. The maximum absolute atomic E-state index is 12.9. The molecule has 0 saturated carbocycles. The van der Waals surface area contributed by atoms with E-state index < -0.39 is 0 Å². The Balaban J connectivity index is 1.96. The first kappa shape index (κ1) is 17.8. The molecule has 2 aromatic carbocycles. The van der Waals surface area contributed by atoms with Crippen molar-refractivity contribution in [1.29, 1.82) is 0 Å². The van der Waals surface area contributed by atoms with E-state index in [1.807, 2.05) is 0 Å². The van der Waals surface area contributed by atoms with Crippen LogP contribution in [0, 0.1) is 0 Å². The zero-order chi connectivity index (χ0) is 18.7. The van der Waals surface area contributed by atoms with E-state index in [9.17, 15) is 9.59 Å². The second-order valence-corrected chi connectivity index (χ2v) is 6.10. The molecule has 0 spiro atoms. The molecule has 0 fully saturated rings. The van der Waals surface area contributed by atoms with Crippen molar-refractivity contribution in [3.05, 3.63) is 58.8 Å². The van der Waals surface area contributed by atoms with E-state index in [4.69, 9.17) is 27.9 Å². The van der Waals surface area contributed by atoms with E-state index in [-0.39, 0.29) is 30.5 Å². The van der Waals surface area contributed by atoms with Crippen LogP contribution < -0.4 is 26.6 Å². The highest BCUT2D eigenvalue weighted by Crippen LogP contribution is 2.37. The van der Waals surface area contributed by atoms with E-state index in [0.29, 0.717) is 22.1 Å². The van der Waals surface area contributed by atoms with Crippen molar-refractivity contribution in [3.63, 3.8) is 0 Å². The first-order valence-corrected chi connectivity index (χ1v) is 8.21. The van der Waals surface area contributed by atoms with Gasteiger partial charge in [0, 0.05) is 23.7 Å². The zero-order valence-electron chi connectivity index (χ0n) is 13.7. The van der Waals surface area contributed by atoms with Gasteiger partial charge in [-0.2, -0.15) is 0 Å². The maximum atomic E-state index is 12.9. The quantitative estimate of drug-likeness (QED) is 0.250. The number of carbonyl (C=O) groups is 2. The van der Waals surface area contributed by atoms with Crippen LogP contribution in [0.5, 0.6) is 5.75 Å². The maximum Gasteiger partial charge on any atom is 0.294 e. The number of nitrogens with two attached hydrogens (primary N) is 2. The van der Waals surface area contributed by atoms with Crippen molar-refractivity contribution in [2.45, 2.75) is 6.42 Å². The Morgan fingerprint density at radius 2 is 1.96 bits per heavy atom. The Bertz CT molecular complexity index is 881. The number of rotatable bonds is 4. The number of nitrogens with one attached hydrogen (secondary N) is 1. The molecule has 134 valence electrons. The summed E-state index contributed by atoms with van der Waals surface area (Å²) in [6.07, 6.45) is 1.67. The number of nitrogens with zero attached hydrogens (tertiary/aromatic N) is 1. The molecule has 26 heavy (non-hydrogen) atoms. The minimum atomic E-state index is -0.377. The van der Waals surface area contributed by atoms with E-state index in [1.165, 1.54) is 4.90 Å². The van der Waals surface area contributed by atoms with Gasteiger partial charge in [0.2, 0.25) is 5.91 Å². The van der Waals surface area contributed by atoms with Crippen LogP contribution in [0.15, 0.2) is 48.2 Å². The number of nitrogen functional groups attached to an aromatic ring is 1. The molecule has 0 atom stereocenters. The molecule has 0 aliphatic carbocycles. The number of hydrogen-bond acceptors (Lipinski definition) is 5. The average molecular weight is 373 g/mol. The highest BCUT2D eigenvalue weighted by Gasteiger charge is 2.30. The summed E-state index contributed by atoms with van der Waals surface area (Å²) < 4.78 is 5.75. The van der Waals surface area contributed by atoms with Crippen molar-refractivity contribution < 1.29 is 14.3 Å². The smallest absolute Gasteiger partial charge is 0.294 e. The lowest BCUT2D eigenvalue weighted by molar-refractivity contribution is -0.121. The van der Waals surface area contributed by atoms with Crippen LogP contribution in [0.3, 0.4) is 0 Å². The molecule has 0 unspecified atom stereocenters. The second kappa shape index (κ2) is 7.47. The SMILES string of the molecule is NNC(=O)CCN1C(=O)/C(=C\c2ccc(Cl)cc2)Oc2ccc(N)cc21. The molecular formula is C18H17ClN4O3. The Hall–Kier alpha value is -3.03. The summed E-state index contributed by atoms with van der Waals surface area (Å²) in [5.41, 5.74) is 9.63. The molecule has 0 radical (unpaired) electrons. The summed E-state index contributed by atoms with van der Waals surface area (Å²) in [4.78, 5) is 25.8. The normalized spacial score (nSPS) is 14.8. The summed E-state index contributed by atoms with van der Waals surface area (Å²) >= 11 is 5.89. The van der Waals surface area contributed by atoms with Gasteiger partial charge in [0.05, 0.1) is 5.69 Å². The van der Waals surface area contributed by atoms with Crippen molar-refractivity contribution in [3.8, 4) is 5.75 Å². The summed E-state index contributed by atoms with van der Waals surface area (Å²) in [6.45, 7) is 0.139. The number of amides is 2. The Labute approximate surface area is 155 Å². The molecule has 1 heterocycles. The molecule has 8 heteroatoms. The molecule has 2 amide bonds. The van der Waals surface area contributed by atoms with Crippen molar-refractivity contribution in [1.82, 2.24) is 5.43 Å². The molecule has 1 aliphatic heterocycles. The van der Waals surface area contributed by atoms with Gasteiger partial charge in [-0.3, -0.25) is 15.0 Å². The van der Waals surface area contributed by atoms with Crippen LogP contribution in [0.1, 0.15) is 12.0 Å². The standard InChI is InChI=1S/C18H17ClN4O3/c19-12-3-1-11(2-4-12)9-16-18(25)23(8-7-17(24)22-21)14-10-13(20)5-6-15(14)26-16/h1-6,9-10H,7-8,20-21H2,(H,22,24)/b16-9+. The van der Waals surface area contributed by atoms with E-state index >= 15 is 0 Å². The van der Waals surface area contributed by atoms with Gasteiger partial charge in [-0.25, -0.2) is 5.84 Å². The Kier molecular flexibility index (Phi) is 5.11. The van der Waals surface area contributed by atoms with Gasteiger partial charge in [-0.1, -0.05) is 23.7 Å². The summed E-state index contributed by atoms with van der Waals surface area (Å²) in [6, 6.07) is 12.0. The third kappa shape index (κ3) is 3.79. The van der Waals surface area contributed by atoms with Crippen molar-refractivity contribution in [2.75, 3.05) is 17.2 Å². The molecule has 1 aliphatic rings. The average Bonchev–Trinajstić information content (AvgIpc) is 2.63. The number of carbonyl (C=O) groups excluding carboxylic acids is 2. The number of anilines is 2. The minimum absolute atomic E-state index is 0.0463. The van der Waals surface area contributed by atoms with Gasteiger partial charge >= 0.3 is 0 Å². The minimum Gasteiger partial charge on any atom is -0.449 e. The van der Waals surface area contributed by atoms with Crippen LogP contribution in [0.4, 0.5) is 11.4 Å². The predicted molar refractivity (Wildman–Crippen MR) is 100 cm³/mol. The summed E-state index contributed by atoms with van der Waals surface area (Å²) in [7, 11) is 0. The topological polar surface area (TPSA) is 111 Å². The van der Waals surface area contributed by atoms with Crippen LogP contribution in [-0.2, 0) is 9.59 Å². The lowest BCUT2D eigenvalue weighted by Crippen LogP contribution is -2.40. The molecular weight excluding hydrogens is 356 g/mol. The third-order valence-corrected chi connectivity index (χ3v) is 4.09. The highest BCUT2D eigenvalue weighted by atomic mass is 35.5. The number of ether oxygens (including phenoxy) is 1. The summed E-state index contributed by atoms with van der Waals surface area (Å²) in [5.74, 6) is 4.98. The summed E-state index contributed by atoms with van der Waals surface area (Å²) in [5, 5.41) is 0.596. The van der Waals surface area contributed by atoms with E-state index in [1.54, 1.807) is 48.5 Å². The fraction of sp³-hybridized carbons (Fsp3) is 0.111. The second-order valence-electron chi connectivity index (χ2n) is 5.66. The van der Waals surface area contributed by atoms with Gasteiger partial charge in [-0.05, 0) is 42.0 Å². The molecule has 5 N–H and O–H groups in total. The fourth-order valence-corrected chi connectivity index (χ4v) is 2.67. The zero-order valence-corrected chi connectivity index (χ0v) is 14.5. The lowest BCUT2D eigenvalue weighted by Gasteiger charge is -2.30. The van der Waals surface area contributed by atoms with Crippen LogP contribution in [0.2, 0.25) is 5.02 Å². The lowest BCUT2D eigenvalue weighted by atomic mass is 10.1. The van der Waals surface area contributed by atoms with Gasteiger partial charge in [0.25, 0.3) is 5.91 Å². The largest absolute Gasteiger partial charge is 0.449 e. The van der Waals surface area contributed by atoms with E-state index in [2.05, 4.69) is 5.43 Å². The van der Waals surface area contributed by atoms with Gasteiger partial charge in [0.1, 0.15) is 0 Å². The molecule has 3 rings (SSSR count). The van der Waals surface area contributed by atoms with Crippen molar-refractivity contribution >= 4 is 40.9 Å². The monoisotopic (exact) mass is 372 g/mol. The van der Waals surface area contributed by atoms with Crippen LogP contribution in [0.25, 0.3) is 6.08 Å². The fourth-order valence-electron chi connectivity index (χ4n) is 2.55. The molecule has 0 aromatic heterocycles. The highest BCUT2D eigenvalue weighted by molar-refractivity contribution is 6.30. The number of benzene rings is 2. The first-order chi connectivity index (χ1) is 12.5. The number of halogens is 1. The predicted octanol–water partition coefficient (Wildman–Crippen LogP) is 2.07.